The van der Waals surface area contributed by atoms with Crippen molar-refractivity contribution in [2.24, 2.45) is 0 Å². The maximum Gasteiger partial charge on any atom is 0.252 e. The fraction of sp³-hybridized carbons (Fsp3) is 0.462. The maximum absolute atomic E-state index is 13.3. The molecule has 1 fully saturated rings. The van der Waals surface area contributed by atoms with Crippen molar-refractivity contribution < 1.29 is 18.3 Å². The molecular weight excluding hydrogens is 254 g/mol. The molecule has 0 saturated carbocycles. The van der Waals surface area contributed by atoms with Crippen molar-refractivity contribution in [3.63, 3.8) is 0 Å². The lowest BCUT2D eigenvalue weighted by molar-refractivity contribution is 0.0727. The SMILES string of the molecule is CC1OCCC1(C)NC(=O)c1cc(F)c(N)c(F)c1. The number of benzene rings is 1. The van der Waals surface area contributed by atoms with Gasteiger partial charge in [-0.15, -0.1) is 0 Å². The van der Waals surface area contributed by atoms with Gasteiger partial charge in [0.1, 0.15) is 17.3 Å². The molecule has 1 saturated heterocycles. The molecule has 2 unspecified atom stereocenters. The van der Waals surface area contributed by atoms with Gasteiger partial charge in [-0.1, -0.05) is 0 Å². The first kappa shape index (κ1) is 13.7. The number of ether oxygens (including phenoxy) is 1. The summed E-state index contributed by atoms with van der Waals surface area (Å²) >= 11 is 0. The fourth-order valence-electron chi connectivity index (χ4n) is 2.05. The van der Waals surface area contributed by atoms with Crippen molar-refractivity contribution in [2.45, 2.75) is 31.9 Å². The van der Waals surface area contributed by atoms with Gasteiger partial charge in [-0.2, -0.15) is 0 Å². The van der Waals surface area contributed by atoms with Crippen LogP contribution in [0.1, 0.15) is 30.6 Å². The molecule has 0 radical (unpaired) electrons. The zero-order valence-corrected chi connectivity index (χ0v) is 10.8. The van der Waals surface area contributed by atoms with Gasteiger partial charge in [-0.3, -0.25) is 4.79 Å². The lowest BCUT2D eigenvalue weighted by Gasteiger charge is -2.28. The maximum atomic E-state index is 13.3. The molecular formula is C13H16F2N2O2. The molecule has 2 atom stereocenters. The summed E-state index contributed by atoms with van der Waals surface area (Å²) in [5.41, 5.74) is 3.95. The highest BCUT2D eigenvalue weighted by Gasteiger charge is 2.38. The van der Waals surface area contributed by atoms with E-state index in [1.54, 1.807) is 0 Å². The van der Waals surface area contributed by atoms with Gasteiger partial charge in [0.15, 0.2) is 0 Å². The standard InChI is InChI=1S/C13H16F2N2O2/c1-7-13(2,3-4-19-7)17-12(18)8-5-9(14)11(16)10(15)6-8/h5-7H,3-4,16H2,1-2H3,(H,17,18). The zero-order valence-electron chi connectivity index (χ0n) is 10.8. The monoisotopic (exact) mass is 270 g/mol. The fourth-order valence-corrected chi connectivity index (χ4v) is 2.05. The molecule has 1 aromatic carbocycles. The Morgan fingerprint density at radius 1 is 1.47 bits per heavy atom. The summed E-state index contributed by atoms with van der Waals surface area (Å²) in [5.74, 6) is -2.42. The summed E-state index contributed by atoms with van der Waals surface area (Å²) in [6.07, 6.45) is 0.500. The van der Waals surface area contributed by atoms with E-state index >= 15 is 0 Å². The Bertz CT molecular complexity index is 498. The third kappa shape index (κ3) is 2.53. The second kappa shape index (κ2) is 4.77. The van der Waals surface area contributed by atoms with E-state index in [2.05, 4.69) is 5.32 Å². The number of halogens is 2. The number of carbonyl (C=O) groups excluding carboxylic acids is 1. The van der Waals surface area contributed by atoms with Gasteiger partial charge in [-0.25, -0.2) is 8.78 Å². The minimum Gasteiger partial charge on any atom is -0.394 e. The van der Waals surface area contributed by atoms with E-state index in [9.17, 15) is 13.6 Å². The van der Waals surface area contributed by atoms with Crippen molar-refractivity contribution in [3.05, 3.63) is 29.3 Å². The quantitative estimate of drug-likeness (QED) is 0.806. The van der Waals surface area contributed by atoms with Gasteiger partial charge < -0.3 is 15.8 Å². The Morgan fingerprint density at radius 2 is 2.05 bits per heavy atom. The van der Waals surface area contributed by atoms with E-state index in [0.717, 1.165) is 12.1 Å². The minimum absolute atomic E-state index is 0.0930. The minimum atomic E-state index is -0.939. The number of nitrogens with one attached hydrogen (secondary N) is 1. The van der Waals surface area contributed by atoms with Crippen LogP contribution in [0.25, 0.3) is 0 Å². The lowest BCUT2D eigenvalue weighted by Crippen LogP contribution is -2.50. The summed E-state index contributed by atoms with van der Waals surface area (Å²) in [7, 11) is 0. The van der Waals surface area contributed by atoms with Crippen LogP contribution in [0.5, 0.6) is 0 Å². The summed E-state index contributed by atoms with van der Waals surface area (Å²) in [4.78, 5) is 12.0. The molecule has 0 bridgehead atoms. The summed E-state index contributed by atoms with van der Waals surface area (Å²) < 4.78 is 32.0. The Labute approximate surface area is 109 Å². The Kier molecular flexibility index (Phi) is 3.45. The van der Waals surface area contributed by atoms with Crippen LogP contribution in [0.3, 0.4) is 0 Å². The van der Waals surface area contributed by atoms with Gasteiger partial charge >= 0.3 is 0 Å². The Morgan fingerprint density at radius 3 is 2.53 bits per heavy atom. The van der Waals surface area contributed by atoms with E-state index in [0.29, 0.717) is 13.0 Å². The van der Waals surface area contributed by atoms with Crippen LogP contribution in [0, 0.1) is 11.6 Å². The highest BCUT2D eigenvalue weighted by Crippen LogP contribution is 2.26. The van der Waals surface area contributed by atoms with Crippen LogP contribution in [-0.2, 0) is 4.74 Å². The smallest absolute Gasteiger partial charge is 0.252 e. The van der Waals surface area contributed by atoms with E-state index < -0.39 is 28.8 Å². The molecule has 1 heterocycles. The number of amides is 1. The van der Waals surface area contributed by atoms with Gasteiger partial charge in [0, 0.05) is 12.2 Å². The Hall–Kier alpha value is -1.69. The lowest BCUT2D eigenvalue weighted by atomic mass is 9.94. The molecule has 1 aliphatic heterocycles. The molecule has 104 valence electrons. The third-order valence-corrected chi connectivity index (χ3v) is 3.63. The topological polar surface area (TPSA) is 64.3 Å². The van der Waals surface area contributed by atoms with Gasteiger partial charge in [0.05, 0.1) is 11.6 Å². The number of nitrogens with two attached hydrogens (primary N) is 1. The molecule has 0 aromatic heterocycles. The van der Waals surface area contributed by atoms with Crippen LogP contribution in [0.4, 0.5) is 14.5 Å². The highest BCUT2D eigenvalue weighted by atomic mass is 19.1. The number of rotatable bonds is 2. The van der Waals surface area contributed by atoms with Crippen molar-refractivity contribution in [1.82, 2.24) is 5.32 Å². The molecule has 19 heavy (non-hydrogen) atoms. The normalized spacial score (nSPS) is 26.4. The van der Waals surface area contributed by atoms with Crippen LogP contribution in [0.15, 0.2) is 12.1 Å². The number of anilines is 1. The number of nitrogen functional groups attached to an aromatic ring is 1. The van der Waals surface area contributed by atoms with Gasteiger partial charge in [0.25, 0.3) is 5.91 Å². The second-order valence-electron chi connectivity index (χ2n) is 4.99. The number of carbonyl (C=O) groups is 1. The molecule has 1 aliphatic rings. The van der Waals surface area contributed by atoms with E-state index in [4.69, 9.17) is 10.5 Å². The number of hydrogen-bond donors (Lipinski definition) is 2. The van der Waals surface area contributed by atoms with Crippen molar-refractivity contribution in [1.29, 1.82) is 0 Å². The molecule has 1 aromatic rings. The van der Waals surface area contributed by atoms with Crippen LogP contribution in [-0.4, -0.2) is 24.2 Å². The number of hydrogen-bond acceptors (Lipinski definition) is 3. The molecule has 4 nitrogen and oxygen atoms in total. The van der Waals surface area contributed by atoms with E-state index in [1.807, 2.05) is 13.8 Å². The Balaban J connectivity index is 2.21. The van der Waals surface area contributed by atoms with Crippen LogP contribution >= 0.6 is 0 Å². The predicted octanol–water partition coefficient (Wildman–Crippen LogP) is 1.84. The third-order valence-electron chi connectivity index (χ3n) is 3.63. The molecule has 0 aliphatic carbocycles. The van der Waals surface area contributed by atoms with E-state index in [1.165, 1.54) is 0 Å². The van der Waals surface area contributed by atoms with Crippen LogP contribution in [0.2, 0.25) is 0 Å². The van der Waals surface area contributed by atoms with Crippen molar-refractivity contribution in [3.8, 4) is 0 Å². The summed E-state index contributed by atoms with van der Waals surface area (Å²) in [5, 5.41) is 2.76. The molecule has 6 heteroatoms. The molecule has 0 spiro atoms. The average Bonchev–Trinajstić information content (AvgIpc) is 2.65. The summed E-state index contributed by atoms with van der Waals surface area (Å²) in [6.45, 7) is 4.23. The average molecular weight is 270 g/mol. The molecule has 3 N–H and O–H groups in total. The molecule has 2 rings (SSSR count). The van der Waals surface area contributed by atoms with E-state index in [-0.39, 0.29) is 11.7 Å². The second-order valence-corrected chi connectivity index (χ2v) is 4.99. The highest BCUT2D eigenvalue weighted by molar-refractivity contribution is 5.95. The van der Waals surface area contributed by atoms with Crippen LogP contribution < -0.4 is 11.1 Å². The zero-order chi connectivity index (χ0) is 14.2. The molecule has 1 amide bonds. The largest absolute Gasteiger partial charge is 0.394 e. The summed E-state index contributed by atoms with van der Waals surface area (Å²) in [6, 6.07) is 1.86. The first-order chi connectivity index (χ1) is 8.83. The first-order valence-electron chi connectivity index (χ1n) is 6.02. The first-order valence-corrected chi connectivity index (χ1v) is 6.02. The van der Waals surface area contributed by atoms with Gasteiger partial charge in [-0.05, 0) is 32.4 Å². The van der Waals surface area contributed by atoms with Gasteiger partial charge in [0.2, 0.25) is 0 Å². The van der Waals surface area contributed by atoms with Crippen molar-refractivity contribution >= 4 is 11.6 Å². The van der Waals surface area contributed by atoms with Crippen molar-refractivity contribution in [2.75, 3.05) is 12.3 Å². The predicted molar refractivity (Wildman–Crippen MR) is 66.7 cm³/mol.